The Kier molecular flexibility index (Phi) is 6.12. The second-order valence-corrected chi connectivity index (χ2v) is 6.85. The van der Waals surface area contributed by atoms with Crippen molar-refractivity contribution in [3.8, 4) is 0 Å². The van der Waals surface area contributed by atoms with E-state index in [4.69, 9.17) is 11.6 Å². The van der Waals surface area contributed by atoms with Crippen molar-refractivity contribution < 1.29 is 17.6 Å². The lowest BCUT2D eigenvalue weighted by atomic mass is 10.3. The van der Waals surface area contributed by atoms with Crippen molar-refractivity contribution in [2.45, 2.75) is 18.7 Å². The molecule has 0 aliphatic carbocycles. The van der Waals surface area contributed by atoms with Gasteiger partial charge < -0.3 is 4.90 Å². The molecule has 0 saturated carbocycles. The van der Waals surface area contributed by atoms with Gasteiger partial charge in [0.2, 0.25) is 15.9 Å². The summed E-state index contributed by atoms with van der Waals surface area (Å²) in [6, 6.07) is 3.30. The molecule has 0 heterocycles. The highest BCUT2D eigenvalue weighted by atomic mass is 35.5. The summed E-state index contributed by atoms with van der Waals surface area (Å²) in [7, 11) is -2.84. The maximum atomic E-state index is 13.7. The maximum absolute atomic E-state index is 13.7. The first-order chi connectivity index (χ1) is 9.73. The standard InChI is InChI=1S/C13H18ClFN2O3S/c1-4-17(5-2)13(18)9-16(3)21(19,20)12-7-6-10(14)8-11(12)15/h6-8H,4-5,9H2,1-3H3. The average molecular weight is 337 g/mol. The first-order valence-corrected chi connectivity index (χ1v) is 8.25. The fourth-order valence-electron chi connectivity index (χ4n) is 1.80. The molecule has 0 aromatic heterocycles. The van der Waals surface area contributed by atoms with Crippen LogP contribution in [-0.2, 0) is 14.8 Å². The van der Waals surface area contributed by atoms with Gasteiger partial charge in [-0.15, -0.1) is 0 Å². The number of benzene rings is 1. The third kappa shape index (κ3) is 4.15. The zero-order valence-electron chi connectivity index (χ0n) is 12.1. The Morgan fingerprint density at radius 3 is 2.33 bits per heavy atom. The summed E-state index contributed by atoms with van der Waals surface area (Å²) < 4.78 is 39.1. The van der Waals surface area contributed by atoms with Crippen molar-refractivity contribution in [2.75, 3.05) is 26.7 Å². The van der Waals surface area contributed by atoms with Gasteiger partial charge in [0.1, 0.15) is 10.7 Å². The van der Waals surface area contributed by atoms with Crippen molar-refractivity contribution in [1.29, 1.82) is 0 Å². The highest BCUT2D eigenvalue weighted by molar-refractivity contribution is 7.89. The van der Waals surface area contributed by atoms with E-state index in [1.807, 2.05) is 0 Å². The summed E-state index contributed by atoms with van der Waals surface area (Å²) in [5, 5.41) is 0.105. The van der Waals surface area contributed by atoms with Crippen LogP contribution in [0.25, 0.3) is 0 Å². The topological polar surface area (TPSA) is 57.7 Å². The summed E-state index contributed by atoms with van der Waals surface area (Å²) in [5.74, 6) is -1.27. The molecule has 5 nitrogen and oxygen atoms in total. The van der Waals surface area contributed by atoms with Crippen molar-refractivity contribution in [2.24, 2.45) is 0 Å². The van der Waals surface area contributed by atoms with Crippen LogP contribution in [0.15, 0.2) is 23.1 Å². The fourth-order valence-corrected chi connectivity index (χ4v) is 3.12. The van der Waals surface area contributed by atoms with E-state index in [1.54, 1.807) is 13.8 Å². The Balaban J connectivity index is 2.99. The van der Waals surface area contributed by atoms with Crippen molar-refractivity contribution >= 4 is 27.5 Å². The smallest absolute Gasteiger partial charge is 0.246 e. The van der Waals surface area contributed by atoms with Crippen molar-refractivity contribution in [1.82, 2.24) is 9.21 Å². The molecule has 1 aromatic carbocycles. The van der Waals surface area contributed by atoms with Crippen LogP contribution in [0.3, 0.4) is 0 Å². The summed E-state index contributed by atoms with van der Waals surface area (Å²) in [4.78, 5) is 12.9. The molecule has 0 unspecified atom stereocenters. The largest absolute Gasteiger partial charge is 0.342 e. The Labute approximate surface area is 129 Å². The Hall–Kier alpha value is -1.18. The van der Waals surface area contributed by atoms with E-state index in [2.05, 4.69) is 0 Å². The molecule has 0 spiro atoms. The van der Waals surface area contributed by atoms with E-state index in [0.29, 0.717) is 13.1 Å². The summed E-state index contributed by atoms with van der Waals surface area (Å²) in [6.07, 6.45) is 0. The van der Waals surface area contributed by atoms with Gasteiger partial charge in [0.15, 0.2) is 0 Å². The molecule has 118 valence electrons. The molecule has 0 N–H and O–H groups in total. The number of likely N-dealkylation sites (N-methyl/N-ethyl adjacent to an activating group) is 2. The van der Waals surface area contributed by atoms with Crippen LogP contribution >= 0.6 is 11.6 Å². The lowest BCUT2D eigenvalue weighted by Crippen LogP contribution is -2.41. The van der Waals surface area contributed by atoms with Gasteiger partial charge in [0, 0.05) is 25.2 Å². The van der Waals surface area contributed by atoms with Gasteiger partial charge in [-0.2, -0.15) is 4.31 Å². The number of hydrogen-bond acceptors (Lipinski definition) is 3. The lowest BCUT2D eigenvalue weighted by molar-refractivity contribution is -0.130. The number of carbonyl (C=O) groups excluding carboxylic acids is 1. The van der Waals surface area contributed by atoms with Crippen LogP contribution < -0.4 is 0 Å². The van der Waals surface area contributed by atoms with Gasteiger partial charge in [-0.05, 0) is 32.0 Å². The SMILES string of the molecule is CCN(CC)C(=O)CN(C)S(=O)(=O)c1ccc(Cl)cc1F. The normalized spacial score (nSPS) is 11.7. The second-order valence-electron chi connectivity index (χ2n) is 4.40. The second kappa shape index (κ2) is 7.20. The van der Waals surface area contributed by atoms with E-state index in [1.165, 1.54) is 18.0 Å². The van der Waals surface area contributed by atoms with E-state index in [-0.39, 0.29) is 17.5 Å². The van der Waals surface area contributed by atoms with Gasteiger partial charge in [-0.1, -0.05) is 11.6 Å². The number of halogens is 2. The predicted molar refractivity (Wildman–Crippen MR) is 79.2 cm³/mol. The van der Waals surface area contributed by atoms with Crippen LogP contribution in [0.4, 0.5) is 4.39 Å². The van der Waals surface area contributed by atoms with Crippen LogP contribution in [0, 0.1) is 5.82 Å². The summed E-state index contributed by atoms with van der Waals surface area (Å²) in [6.45, 7) is 4.23. The molecule has 0 radical (unpaired) electrons. The van der Waals surface area contributed by atoms with Gasteiger partial charge in [0.05, 0.1) is 6.54 Å². The third-order valence-electron chi connectivity index (χ3n) is 3.06. The number of sulfonamides is 1. The van der Waals surface area contributed by atoms with Crippen molar-refractivity contribution in [3.63, 3.8) is 0 Å². The van der Waals surface area contributed by atoms with Gasteiger partial charge in [-0.3, -0.25) is 4.79 Å². The molecule has 21 heavy (non-hydrogen) atoms. The molecule has 0 bridgehead atoms. The highest BCUT2D eigenvalue weighted by Gasteiger charge is 2.27. The molecule has 0 fully saturated rings. The fraction of sp³-hybridized carbons (Fsp3) is 0.462. The third-order valence-corrected chi connectivity index (χ3v) is 5.13. The van der Waals surface area contributed by atoms with Crippen molar-refractivity contribution in [3.05, 3.63) is 29.0 Å². The molecule has 0 atom stereocenters. The predicted octanol–water partition coefficient (Wildman–Crippen LogP) is 1.97. The molecular formula is C13H18ClFN2O3S. The molecule has 8 heteroatoms. The van der Waals surface area contributed by atoms with E-state index in [9.17, 15) is 17.6 Å². The maximum Gasteiger partial charge on any atom is 0.246 e. The zero-order chi connectivity index (χ0) is 16.2. The molecule has 1 amide bonds. The first kappa shape index (κ1) is 17.9. The zero-order valence-corrected chi connectivity index (χ0v) is 13.7. The number of amides is 1. The molecular weight excluding hydrogens is 319 g/mol. The monoisotopic (exact) mass is 336 g/mol. The van der Waals surface area contributed by atoms with E-state index < -0.39 is 20.7 Å². The molecule has 0 saturated heterocycles. The highest BCUT2D eigenvalue weighted by Crippen LogP contribution is 2.21. The minimum Gasteiger partial charge on any atom is -0.342 e. The van der Waals surface area contributed by atoms with Crippen LogP contribution in [0.2, 0.25) is 5.02 Å². The minimum atomic E-state index is -4.08. The number of carbonyl (C=O) groups is 1. The Morgan fingerprint density at radius 2 is 1.86 bits per heavy atom. The van der Waals surface area contributed by atoms with Crippen LogP contribution in [0.1, 0.15) is 13.8 Å². The van der Waals surface area contributed by atoms with Gasteiger partial charge >= 0.3 is 0 Å². The van der Waals surface area contributed by atoms with E-state index >= 15 is 0 Å². The van der Waals surface area contributed by atoms with Crippen LogP contribution in [-0.4, -0.2) is 50.2 Å². The molecule has 0 aliphatic rings. The van der Waals surface area contributed by atoms with Gasteiger partial charge in [-0.25, -0.2) is 12.8 Å². The minimum absolute atomic E-state index is 0.105. The summed E-state index contributed by atoms with van der Waals surface area (Å²) >= 11 is 5.60. The molecule has 1 rings (SSSR count). The first-order valence-electron chi connectivity index (χ1n) is 6.43. The number of nitrogens with zero attached hydrogens (tertiary/aromatic N) is 2. The molecule has 1 aromatic rings. The van der Waals surface area contributed by atoms with Crippen LogP contribution in [0.5, 0.6) is 0 Å². The number of rotatable bonds is 6. The summed E-state index contributed by atoms with van der Waals surface area (Å²) in [5.41, 5.74) is 0. The number of hydrogen-bond donors (Lipinski definition) is 0. The Morgan fingerprint density at radius 1 is 1.29 bits per heavy atom. The molecule has 0 aliphatic heterocycles. The average Bonchev–Trinajstić information content (AvgIpc) is 2.39. The lowest BCUT2D eigenvalue weighted by Gasteiger charge is -2.23. The Bertz CT molecular complexity index is 618. The van der Waals surface area contributed by atoms with E-state index in [0.717, 1.165) is 16.4 Å². The van der Waals surface area contributed by atoms with Gasteiger partial charge in [0.25, 0.3) is 0 Å². The quantitative estimate of drug-likeness (QED) is 0.798.